The van der Waals surface area contributed by atoms with Gasteiger partial charge in [0.2, 0.25) is 0 Å². The molecule has 1 aromatic heterocycles. The number of aromatic nitrogens is 2. The van der Waals surface area contributed by atoms with Crippen molar-refractivity contribution in [3.8, 4) is 16.9 Å². The highest BCUT2D eigenvalue weighted by atomic mass is 16.1. The maximum atomic E-state index is 12.9. The molecule has 0 aliphatic rings. The number of fused-ring (bicyclic) bond motifs is 1. The molecule has 0 N–H and O–H groups in total. The van der Waals surface area contributed by atoms with Gasteiger partial charge in [0.05, 0.1) is 16.8 Å². The summed E-state index contributed by atoms with van der Waals surface area (Å²) < 4.78 is 1.49. The molecule has 3 heteroatoms. The highest BCUT2D eigenvalue weighted by molar-refractivity contribution is 5.93. The summed E-state index contributed by atoms with van der Waals surface area (Å²) in [5.41, 5.74) is 3.78. The predicted octanol–water partition coefficient (Wildman–Crippen LogP) is 4.62. The van der Waals surface area contributed by atoms with Crippen LogP contribution in [0, 0.1) is 0 Å². The fraction of sp³-hybridized carbons (Fsp3) is 0.0909. The minimum Gasteiger partial charge on any atom is -0.267 e. The van der Waals surface area contributed by atoms with Gasteiger partial charge in [-0.05, 0) is 30.2 Å². The third-order valence-corrected chi connectivity index (χ3v) is 4.44. The molecule has 0 spiro atoms. The maximum absolute atomic E-state index is 12.9. The van der Waals surface area contributed by atoms with Gasteiger partial charge < -0.3 is 0 Å². The van der Waals surface area contributed by atoms with Crippen LogP contribution in [0.15, 0.2) is 83.7 Å². The third-order valence-electron chi connectivity index (χ3n) is 4.44. The Morgan fingerprint density at radius 2 is 1.44 bits per heavy atom. The topological polar surface area (TPSA) is 34.9 Å². The predicted molar refractivity (Wildman–Crippen MR) is 102 cm³/mol. The second-order valence-electron chi connectivity index (χ2n) is 6.00. The third kappa shape index (κ3) is 2.74. The smallest absolute Gasteiger partial charge is 0.267 e. The number of hydrogen-bond donors (Lipinski definition) is 0. The van der Waals surface area contributed by atoms with Crippen LogP contribution in [0.5, 0.6) is 0 Å². The van der Waals surface area contributed by atoms with Crippen molar-refractivity contribution in [2.45, 2.75) is 13.3 Å². The molecule has 0 saturated heterocycles. The van der Waals surface area contributed by atoms with Gasteiger partial charge in [0.15, 0.2) is 0 Å². The van der Waals surface area contributed by atoms with E-state index in [9.17, 15) is 4.79 Å². The van der Waals surface area contributed by atoms with Gasteiger partial charge in [0, 0.05) is 10.9 Å². The van der Waals surface area contributed by atoms with Crippen LogP contribution in [0.4, 0.5) is 0 Å². The first-order valence-electron chi connectivity index (χ1n) is 8.45. The van der Waals surface area contributed by atoms with E-state index in [0.29, 0.717) is 5.39 Å². The number of rotatable bonds is 3. The summed E-state index contributed by atoms with van der Waals surface area (Å²) in [5.74, 6) is 0. The van der Waals surface area contributed by atoms with Gasteiger partial charge in [-0.2, -0.15) is 9.78 Å². The van der Waals surface area contributed by atoms with Crippen molar-refractivity contribution in [2.75, 3.05) is 0 Å². The molecule has 0 unspecified atom stereocenters. The molecule has 122 valence electrons. The Bertz CT molecular complexity index is 1080. The van der Waals surface area contributed by atoms with Crippen LogP contribution >= 0.6 is 0 Å². The van der Waals surface area contributed by atoms with Crippen LogP contribution in [0.1, 0.15) is 12.5 Å². The molecule has 0 aliphatic carbocycles. The average molecular weight is 326 g/mol. The van der Waals surface area contributed by atoms with Crippen molar-refractivity contribution in [1.82, 2.24) is 9.78 Å². The van der Waals surface area contributed by atoms with Crippen molar-refractivity contribution in [1.29, 1.82) is 0 Å². The van der Waals surface area contributed by atoms with Crippen LogP contribution in [0.25, 0.3) is 27.7 Å². The minimum absolute atomic E-state index is 0.101. The van der Waals surface area contributed by atoms with E-state index in [2.05, 4.69) is 31.2 Å². The summed E-state index contributed by atoms with van der Waals surface area (Å²) in [5, 5.41) is 6.26. The Balaban J connectivity index is 2.03. The fourth-order valence-corrected chi connectivity index (χ4v) is 3.05. The minimum atomic E-state index is -0.101. The molecule has 0 amide bonds. The largest absolute Gasteiger partial charge is 0.279 e. The lowest BCUT2D eigenvalue weighted by atomic mass is 10.0. The molecule has 3 nitrogen and oxygen atoms in total. The molecule has 25 heavy (non-hydrogen) atoms. The number of benzene rings is 3. The molecule has 0 fully saturated rings. The second-order valence-corrected chi connectivity index (χ2v) is 6.00. The van der Waals surface area contributed by atoms with Crippen molar-refractivity contribution >= 4 is 10.8 Å². The zero-order valence-corrected chi connectivity index (χ0v) is 14.0. The zero-order chi connectivity index (χ0) is 17.2. The van der Waals surface area contributed by atoms with E-state index in [1.54, 1.807) is 0 Å². The van der Waals surface area contributed by atoms with E-state index in [1.165, 1.54) is 10.2 Å². The first-order chi connectivity index (χ1) is 12.3. The van der Waals surface area contributed by atoms with E-state index in [1.807, 2.05) is 54.6 Å². The number of aryl methyl sites for hydroxylation is 1. The molecule has 0 saturated carbocycles. The van der Waals surface area contributed by atoms with E-state index in [-0.39, 0.29) is 5.56 Å². The van der Waals surface area contributed by atoms with Gasteiger partial charge in [-0.15, -0.1) is 0 Å². The van der Waals surface area contributed by atoms with Crippen molar-refractivity contribution < 1.29 is 0 Å². The van der Waals surface area contributed by atoms with E-state index < -0.39 is 0 Å². The van der Waals surface area contributed by atoms with Gasteiger partial charge in [-0.1, -0.05) is 67.6 Å². The Hall–Kier alpha value is -3.20. The van der Waals surface area contributed by atoms with Crippen LogP contribution in [-0.4, -0.2) is 9.78 Å². The van der Waals surface area contributed by atoms with Crippen molar-refractivity contribution in [3.05, 3.63) is 94.8 Å². The molecule has 4 rings (SSSR count). The first kappa shape index (κ1) is 15.3. The zero-order valence-electron chi connectivity index (χ0n) is 14.0. The fourth-order valence-electron chi connectivity index (χ4n) is 3.05. The van der Waals surface area contributed by atoms with Crippen LogP contribution in [-0.2, 0) is 6.42 Å². The Morgan fingerprint density at radius 1 is 0.800 bits per heavy atom. The van der Waals surface area contributed by atoms with Gasteiger partial charge in [0.25, 0.3) is 5.56 Å². The van der Waals surface area contributed by atoms with Crippen LogP contribution in [0.2, 0.25) is 0 Å². The van der Waals surface area contributed by atoms with E-state index >= 15 is 0 Å². The summed E-state index contributed by atoms with van der Waals surface area (Å²) >= 11 is 0. The summed E-state index contributed by atoms with van der Waals surface area (Å²) in [6, 6.07) is 25.6. The highest BCUT2D eigenvalue weighted by Crippen LogP contribution is 2.25. The lowest BCUT2D eigenvalue weighted by Crippen LogP contribution is -2.22. The van der Waals surface area contributed by atoms with Crippen molar-refractivity contribution in [3.63, 3.8) is 0 Å². The summed E-state index contributed by atoms with van der Waals surface area (Å²) in [6.45, 7) is 2.14. The monoisotopic (exact) mass is 326 g/mol. The lowest BCUT2D eigenvalue weighted by Gasteiger charge is -2.11. The van der Waals surface area contributed by atoms with Gasteiger partial charge >= 0.3 is 0 Å². The van der Waals surface area contributed by atoms with E-state index in [4.69, 9.17) is 5.10 Å². The summed E-state index contributed by atoms with van der Waals surface area (Å²) in [7, 11) is 0. The van der Waals surface area contributed by atoms with Gasteiger partial charge in [0.1, 0.15) is 0 Å². The lowest BCUT2D eigenvalue weighted by molar-refractivity contribution is 0.826. The molecule has 0 aliphatic heterocycles. The molecule has 0 bridgehead atoms. The number of nitrogens with zero attached hydrogens (tertiary/aromatic N) is 2. The molecular formula is C22H18N2O. The SMILES string of the molecule is CCc1ccc(-c2nn(-c3ccccc3)c(=O)c3ccccc23)cc1. The average Bonchev–Trinajstić information content (AvgIpc) is 2.69. The first-order valence-corrected chi connectivity index (χ1v) is 8.45. The Kier molecular flexibility index (Phi) is 3.90. The quantitative estimate of drug-likeness (QED) is 0.551. The number of hydrogen-bond acceptors (Lipinski definition) is 2. The molecule has 0 atom stereocenters. The van der Waals surface area contributed by atoms with Gasteiger partial charge in [-0.3, -0.25) is 4.79 Å². The molecular weight excluding hydrogens is 308 g/mol. The second kappa shape index (κ2) is 6.36. The standard InChI is InChI=1S/C22H18N2O/c1-2-16-12-14-17(15-13-16)21-19-10-6-7-11-20(19)22(25)24(23-21)18-8-4-3-5-9-18/h3-15H,2H2,1H3. The summed E-state index contributed by atoms with van der Waals surface area (Å²) in [6.07, 6.45) is 0.998. The number of para-hydroxylation sites is 1. The molecule has 0 radical (unpaired) electrons. The summed E-state index contributed by atoms with van der Waals surface area (Å²) in [4.78, 5) is 12.9. The Morgan fingerprint density at radius 3 is 2.12 bits per heavy atom. The Labute approximate surface area is 146 Å². The van der Waals surface area contributed by atoms with E-state index in [0.717, 1.165) is 28.8 Å². The molecule has 1 heterocycles. The van der Waals surface area contributed by atoms with Crippen LogP contribution < -0.4 is 5.56 Å². The van der Waals surface area contributed by atoms with Crippen molar-refractivity contribution in [2.24, 2.45) is 0 Å². The highest BCUT2D eigenvalue weighted by Gasteiger charge is 2.13. The van der Waals surface area contributed by atoms with Crippen LogP contribution in [0.3, 0.4) is 0 Å². The van der Waals surface area contributed by atoms with Gasteiger partial charge in [-0.25, -0.2) is 0 Å². The molecule has 4 aromatic rings. The maximum Gasteiger partial charge on any atom is 0.279 e. The molecule has 3 aromatic carbocycles. The normalized spacial score (nSPS) is 10.9.